The normalized spacial score (nSPS) is 23.9. The molecule has 1 unspecified atom stereocenters. The van der Waals surface area contributed by atoms with Gasteiger partial charge in [0.15, 0.2) is 0 Å². The lowest BCUT2D eigenvalue weighted by molar-refractivity contribution is 0.300. The molecule has 3 heteroatoms. The van der Waals surface area contributed by atoms with E-state index in [0.717, 1.165) is 12.8 Å². The number of fused-ring (bicyclic) bond motifs is 1. The molecule has 1 aromatic heterocycles. The molecule has 0 radical (unpaired) electrons. The maximum atomic E-state index is 6.27. The summed E-state index contributed by atoms with van der Waals surface area (Å²) >= 11 is 1.88. The van der Waals surface area contributed by atoms with Crippen molar-refractivity contribution in [2.24, 2.45) is 5.73 Å². The molecule has 2 aliphatic carbocycles. The summed E-state index contributed by atoms with van der Waals surface area (Å²) in [6.45, 7) is 0. The minimum absolute atomic E-state index is 0.184. The van der Waals surface area contributed by atoms with Gasteiger partial charge in [0.25, 0.3) is 0 Å². The highest BCUT2D eigenvalue weighted by Crippen LogP contribution is 2.51. The zero-order valence-electron chi connectivity index (χ0n) is 11.6. The van der Waals surface area contributed by atoms with Gasteiger partial charge in [-0.15, -0.1) is 11.3 Å². The van der Waals surface area contributed by atoms with Crippen molar-refractivity contribution in [1.82, 2.24) is 4.98 Å². The molecule has 4 rings (SSSR count). The van der Waals surface area contributed by atoms with E-state index in [-0.39, 0.29) is 11.5 Å². The summed E-state index contributed by atoms with van der Waals surface area (Å²) in [5.74, 6) is 0. The number of hydrogen-bond acceptors (Lipinski definition) is 3. The average molecular weight is 284 g/mol. The Labute approximate surface area is 124 Å². The summed E-state index contributed by atoms with van der Waals surface area (Å²) in [5.41, 5.74) is 9.17. The van der Waals surface area contributed by atoms with E-state index in [2.05, 4.69) is 30.3 Å². The first kappa shape index (κ1) is 12.5. The van der Waals surface area contributed by atoms with Gasteiger partial charge in [-0.25, -0.2) is 4.98 Å². The second kappa shape index (κ2) is 4.68. The van der Waals surface area contributed by atoms with Crippen LogP contribution in [-0.2, 0) is 11.8 Å². The predicted molar refractivity (Wildman–Crippen MR) is 83.1 cm³/mol. The molecule has 0 spiro atoms. The van der Waals surface area contributed by atoms with Gasteiger partial charge >= 0.3 is 0 Å². The summed E-state index contributed by atoms with van der Waals surface area (Å²) < 4.78 is 0. The van der Waals surface area contributed by atoms with Crippen molar-refractivity contribution in [3.05, 3.63) is 51.5 Å². The Morgan fingerprint density at radius 2 is 1.95 bits per heavy atom. The van der Waals surface area contributed by atoms with Gasteiger partial charge in [-0.1, -0.05) is 36.8 Å². The molecule has 1 heterocycles. The first-order valence-corrected chi connectivity index (χ1v) is 8.42. The van der Waals surface area contributed by atoms with Crippen LogP contribution in [0.5, 0.6) is 0 Å². The second-order valence-electron chi connectivity index (χ2n) is 6.13. The SMILES string of the molecule is NC1CCCc2nc(C3(c4ccccc4)CCC3)sc21. The van der Waals surface area contributed by atoms with Crippen LogP contribution in [-0.4, -0.2) is 4.98 Å². The number of thiazole rings is 1. The van der Waals surface area contributed by atoms with Gasteiger partial charge < -0.3 is 5.73 Å². The number of aromatic nitrogens is 1. The lowest BCUT2D eigenvalue weighted by atomic mass is 9.65. The van der Waals surface area contributed by atoms with E-state index >= 15 is 0 Å². The molecule has 2 aromatic rings. The molecule has 1 atom stereocenters. The predicted octanol–water partition coefficient (Wildman–Crippen LogP) is 3.95. The highest BCUT2D eigenvalue weighted by atomic mass is 32.1. The number of benzene rings is 1. The second-order valence-corrected chi connectivity index (χ2v) is 7.16. The van der Waals surface area contributed by atoms with Crippen molar-refractivity contribution in [2.75, 3.05) is 0 Å². The average Bonchev–Trinajstić information content (AvgIpc) is 2.84. The molecule has 1 saturated carbocycles. The van der Waals surface area contributed by atoms with Crippen molar-refractivity contribution in [3.8, 4) is 0 Å². The van der Waals surface area contributed by atoms with E-state index in [1.807, 2.05) is 11.3 Å². The summed E-state index contributed by atoms with van der Waals surface area (Å²) in [6.07, 6.45) is 7.20. The van der Waals surface area contributed by atoms with E-state index in [1.54, 1.807) is 0 Å². The fourth-order valence-corrected chi connectivity index (χ4v) is 4.99. The van der Waals surface area contributed by atoms with Crippen LogP contribution in [0, 0.1) is 0 Å². The molecule has 2 aliphatic rings. The van der Waals surface area contributed by atoms with Gasteiger partial charge in [0, 0.05) is 16.3 Å². The molecule has 1 fully saturated rings. The fraction of sp³-hybridized carbons (Fsp3) is 0.471. The summed E-state index contributed by atoms with van der Waals surface area (Å²) in [5, 5.41) is 1.32. The Morgan fingerprint density at radius 3 is 2.60 bits per heavy atom. The van der Waals surface area contributed by atoms with Gasteiger partial charge in [-0.2, -0.15) is 0 Å². The van der Waals surface area contributed by atoms with Crippen LogP contribution in [0.1, 0.15) is 59.3 Å². The van der Waals surface area contributed by atoms with Crippen LogP contribution < -0.4 is 5.73 Å². The van der Waals surface area contributed by atoms with Crippen molar-refractivity contribution >= 4 is 11.3 Å². The van der Waals surface area contributed by atoms with E-state index in [9.17, 15) is 0 Å². The molecule has 2 nitrogen and oxygen atoms in total. The summed E-state index contributed by atoms with van der Waals surface area (Å²) in [7, 11) is 0. The van der Waals surface area contributed by atoms with Crippen molar-refractivity contribution in [1.29, 1.82) is 0 Å². The number of hydrogen-bond donors (Lipinski definition) is 1. The van der Waals surface area contributed by atoms with Gasteiger partial charge in [-0.05, 0) is 37.7 Å². The summed E-state index contributed by atoms with van der Waals surface area (Å²) in [4.78, 5) is 6.37. The Hall–Kier alpha value is -1.19. The van der Waals surface area contributed by atoms with Crippen LogP contribution in [0.4, 0.5) is 0 Å². The molecule has 0 saturated heterocycles. The summed E-state index contributed by atoms with van der Waals surface area (Å²) in [6, 6.07) is 11.1. The lowest BCUT2D eigenvalue weighted by Gasteiger charge is -2.40. The minimum Gasteiger partial charge on any atom is -0.323 e. The standard InChI is InChI=1S/C17H20N2S/c18-13-8-4-9-14-15(13)20-16(19-14)17(10-5-11-17)12-6-2-1-3-7-12/h1-3,6-7,13H,4-5,8-11,18H2. The van der Waals surface area contributed by atoms with E-state index in [0.29, 0.717) is 0 Å². The van der Waals surface area contributed by atoms with Crippen molar-refractivity contribution in [2.45, 2.75) is 50.0 Å². The topological polar surface area (TPSA) is 38.9 Å². The van der Waals surface area contributed by atoms with E-state index < -0.39 is 0 Å². The largest absolute Gasteiger partial charge is 0.323 e. The third-order valence-corrected chi connectivity index (χ3v) is 6.37. The molecule has 104 valence electrons. The molecular weight excluding hydrogens is 264 g/mol. The van der Waals surface area contributed by atoms with Crippen LogP contribution in [0.25, 0.3) is 0 Å². The fourth-order valence-electron chi connectivity index (χ4n) is 3.57. The highest BCUT2D eigenvalue weighted by Gasteiger charge is 2.43. The molecule has 0 aliphatic heterocycles. The number of aryl methyl sites for hydroxylation is 1. The first-order valence-electron chi connectivity index (χ1n) is 7.61. The van der Waals surface area contributed by atoms with Gasteiger partial charge in [0.1, 0.15) is 5.01 Å². The Morgan fingerprint density at radius 1 is 1.15 bits per heavy atom. The molecular formula is C17H20N2S. The minimum atomic E-state index is 0.184. The van der Waals surface area contributed by atoms with Gasteiger partial charge in [0.2, 0.25) is 0 Å². The third-order valence-electron chi connectivity index (χ3n) is 4.94. The van der Waals surface area contributed by atoms with Crippen LogP contribution >= 0.6 is 11.3 Å². The third kappa shape index (κ3) is 1.76. The molecule has 0 amide bonds. The zero-order valence-corrected chi connectivity index (χ0v) is 12.5. The quantitative estimate of drug-likeness (QED) is 0.907. The molecule has 2 N–H and O–H groups in total. The van der Waals surface area contributed by atoms with Gasteiger partial charge in [-0.3, -0.25) is 0 Å². The monoisotopic (exact) mass is 284 g/mol. The number of rotatable bonds is 2. The van der Waals surface area contributed by atoms with Crippen molar-refractivity contribution < 1.29 is 0 Å². The molecule has 0 bridgehead atoms. The van der Waals surface area contributed by atoms with Crippen LogP contribution in [0.3, 0.4) is 0 Å². The maximum Gasteiger partial charge on any atom is 0.104 e. The number of nitrogens with zero attached hydrogens (tertiary/aromatic N) is 1. The first-order chi connectivity index (χ1) is 9.79. The van der Waals surface area contributed by atoms with Gasteiger partial charge in [0.05, 0.1) is 5.69 Å². The van der Waals surface area contributed by atoms with Crippen molar-refractivity contribution in [3.63, 3.8) is 0 Å². The Kier molecular flexibility index (Phi) is 2.93. The van der Waals surface area contributed by atoms with E-state index in [1.165, 1.54) is 46.8 Å². The molecule has 1 aromatic carbocycles. The highest BCUT2D eigenvalue weighted by molar-refractivity contribution is 7.12. The van der Waals surface area contributed by atoms with Crippen LogP contribution in [0.2, 0.25) is 0 Å². The number of nitrogens with two attached hydrogens (primary N) is 1. The zero-order chi connectivity index (χ0) is 13.6. The maximum absolute atomic E-state index is 6.27. The van der Waals surface area contributed by atoms with E-state index in [4.69, 9.17) is 10.7 Å². The Bertz CT molecular complexity index is 613. The molecule has 20 heavy (non-hydrogen) atoms. The lowest BCUT2D eigenvalue weighted by Crippen LogP contribution is -2.35. The smallest absolute Gasteiger partial charge is 0.104 e. The Balaban J connectivity index is 1.79. The van der Waals surface area contributed by atoms with Crippen LogP contribution in [0.15, 0.2) is 30.3 Å².